The Kier molecular flexibility index (Phi) is 4.52. The number of ketones is 1. The lowest BCUT2D eigenvalue weighted by Gasteiger charge is -2.08. The standard InChI is InChI=1S/C13H11BrO3S/c14-13-6-5-12(18-13)10(16)8-17-11-4-2-1-3-9(11)7-15/h1-6,15H,7-8H2. The van der Waals surface area contributed by atoms with Crippen molar-refractivity contribution in [1.29, 1.82) is 0 Å². The number of ether oxygens (including phenoxy) is 1. The van der Waals surface area contributed by atoms with Gasteiger partial charge in [0, 0.05) is 5.56 Å². The van der Waals surface area contributed by atoms with Gasteiger partial charge in [-0.25, -0.2) is 0 Å². The molecule has 1 N–H and O–H groups in total. The molecule has 0 saturated heterocycles. The van der Waals surface area contributed by atoms with Crippen LogP contribution in [0.15, 0.2) is 40.2 Å². The zero-order chi connectivity index (χ0) is 13.0. The third kappa shape index (κ3) is 3.19. The molecule has 0 aliphatic carbocycles. The fourth-order valence-electron chi connectivity index (χ4n) is 1.45. The van der Waals surface area contributed by atoms with E-state index in [9.17, 15) is 4.79 Å². The van der Waals surface area contributed by atoms with Crippen LogP contribution in [-0.2, 0) is 6.61 Å². The molecule has 5 heteroatoms. The molecule has 18 heavy (non-hydrogen) atoms. The number of carbonyl (C=O) groups excluding carboxylic acids is 1. The molecule has 0 fully saturated rings. The Morgan fingerprint density at radius 3 is 2.72 bits per heavy atom. The van der Waals surface area contributed by atoms with Gasteiger partial charge in [-0.1, -0.05) is 18.2 Å². The highest BCUT2D eigenvalue weighted by Crippen LogP contribution is 2.23. The minimum absolute atomic E-state index is 0.0238. The lowest BCUT2D eigenvalue weighted by molar-refractivity contribution is 0.0923. The van der Waals surface area contributed by atoms with Gasteiger partial charge in [0.2, 0.25) is 5.78 Å². The Balaban J connectivity index is 2.01. The van der Waals surface area contributed by atoms with Gasteiger partial charge in [-0.3, -0.25) is 4.79 Å². The maximum atomic E-state index is 11.8. The normalized spacial score (nSPS) is 10.3. The van der Waals surface area contributed by atoms with Crippen LogP contribution in [-0.4, -0.2) is 17.5 Å². The van der Waals surface area contributed by atoms with Crippen LogP contribution in [0.4, 0.5) is 0 Å². The predicted octanol–water partition coefficient (Wildman–Crippen LogP) is 3.26. The van der Waals surface area contributed by atoms with E-state index in [1.54, 1.807) is 24.3 Å². The molecule has 2 rings (SSSR count). The number of hydrogen-bond donors (Lipinski definition) is 1. The summed E-state index contributed by atoms with van der Waals surface area (Å²) in [4.78, 5) is 12.5. The Bertz CT molecular complexity index is 551. The summed E-state index contributed by atoms with van der Waals surface area (Å²) in [6, 6.07) is 10.7. The average Bonchev–Trinajstić information content (AvgIpc) is 2.83. The monoisotopic (exact) mass is 326 g/mol. The zero-order valence-corrected chi connectivity index (χ0v) is 11.8. The highest BCUT2D eigenvalue weighted by Gasteiger charge is 2.10. The van der Waals surface area contributed by atoms with Crippen LogP contribution in [0, 0.1) is 0 Å². The van der Waals surface area contributed by atoms with Crippen molar-refractivity contribution in [2.75, 3.05) is 6.61 Å². The fourth-order valence-corrected chi connectivity index (χ4v) is 2.76. The largest absolute Gasteiger partial charge is 0.485 e. The van der Waals surface area contributed by atoms with Crippen molar-refractivity contribution in [2.45, 2.75) is 6.61 Å². The van der Waals surface area contributed by atoms with Crippen LogP contribution >= 0.6 is 27.3 Å². The van der Waals surface area contributed by atoms with E-state index in [4.69, 9.17) is 9.84 Å². The number of thiophene rings is 1. The van der Waals surface area contributed by atoms with Crippen LogP contribution < -0.4 is 4.74 Å². The quantitative estimate of drug-likeness (QED) is 0.858. The number of halogens is 1. The third-order valence-electron chi connectivity index (χ3n) is 2.35. The average molecular weight is 327 g/mol. The molecule has 0 spiro atoms. The molecule has 0 radical (unpaired) electrons. The van der Waals surface area contributed by atoms with E-state index in [2.05, 4.69) is 15.9 Å². The number of aliphatic hydroxyl groups is 1. The van der Waals surface area contributed by atoms with E-state index in [-0.39, 0.29) is 19.0 Å². The minimum Gasteiger partial charge on any atom is -0.485 e. The van der Waals surface area contributed by atoms with Crippen LogP contribution in [0.3, 0.4) is 0 Å². The SMILES string of the molecule is O=C(COc1ccccc1CO)c1ccc(Br)s1. The van der Waals surface area contributed by atoms with E-state index in [0.29, 0.717) is 16.2 Å². The first-order valence-corrected chi connectivity index (χ1v) is 6.92. The van der Waals surface area contributed by atoms with Gasteiger partial charge in [0.15, 0.2) is 6.61 Å². The van der Waals surface area contributed by atoms with E-state index in [1.165, 1.54) is 11.3 Å². The van der Waals surface area contributed by atoms with Crippen molar-refractivity contribution < 1.29 is 14.6 Å². The fraction of sp³-hybridized carbons (Fsp3) is 0.154. The van der Waals surface area contributed by atoms with Crippen molar-refractivity contribution in [3.8, 4) is 5.75 Å². The molecule has 0 unspecified atom stereocenters. The number of aliphatic hydroxyl groups excluding tert-OH is 1. The molecule has 0 aliphatic rings. The first kappa shape index (κ1) is 13.3. The summed E-state index contributed by atoms with van der Waals surface area (Å²) in [7, 11) is 0. The maximum absolute atomic E-state index is 11.8. The zero-order valence-electron chi connectivity index (χ0n) is 9.43. The summed E-state index contributed by atoms with van der Waals surface area (Å²) in [5.41, 5.74) is 0.678. The second-order valence-electron chi connectivity index (χ2n) is 3.58. The van der Waals surface area contributed by atoms with Gasteiger partial charge in [0.05, 0.1) is 15.3 Å². The lowest BCUT2D eigenvalue weighted by atomic mass is 10.2. The summed E-state index contributed by atoms with van der Waals surface area (Å²) in [6.45, 7) is -0.126. The second kappa shape index (κ2) is 6.13. The number of rotatable bonds is 5. The van der Waals surface area contributed by atoms with Crippen molar-refractivity contribution in [2.24, 2.45) is 0 Å². The maximum Gasteiger partial charge on any atom is 0.210 e. The van der Waals surface area contributed by atoms with Gasteiger partial charge < -0.3 is 9.84 Å². The van der Waals surface area contributed by atoms with E-state index in [1.807, 2.05) is 12.1 Å². The van der Waals surface area contributed by atoms with Gasteiger partial charge in [-0.05, 0) is 34.1 Å². The molecule has 3 nitrogen and oxygen atoms in total. The number of carbonyl (C=O) groups is 1. The van der Waals surface area contributed by atoms with E-state index in [0.717, 1.165) is 3.79 Å². The summed E-state index contributed by atoms with van der Waals surface area (Å²) in [5.74, 6) is 0.474. The van der Waals surface area contributed by atoms with Crippen molar-refractivity contribution in [3.63, 3.8) is 0 Å². The molecule has 2 aromatic rings. The lowest BCUT2D eigenvalue weighted by Crippen LogP contribution is -2.11. The molecular formula is C13H11BrO3S. The molecule has 1 heterocycles. The van der Waals surface area contributed by atoms with Crippen LogP contribution in [0.25, 0.3) is 0 Å². The van der Waals surface area contributed by atoms with Crippen molar-refractivity contribution in [3.05, 3.63) is 50.6 Å². The number of para-hydroxylation sites is 1. The first-order chi connectivity index (χ1) is 8.70. The molecule has 94 valence electrons. The molecule has 0 bridgehead atoms. The van der Waals surface area contributed by atoms with Gasteiger partial charge in [0.25, 0.3) is 0 Å². The second-order valence-corrected chi connectivity index (χ2v) is 6.04. The summed E-state index contributed by atoms with van der Waals surface area (Å²) in [6.07, 6.45) is 0. The number of benzene rings is 1. The Labute approximate surface area is 117 Å². The highest BCUT2D eigenvalue weighted by molar-refractivity contribution is 9.11. The molecule has 0 aliphatic heterocycles. The van der Waals surface area contributed by atoms with Crippen molar-refractivity contribution >= 4 is 33.0 Å². The smallest absolute Gasteiger partial charge is 0.210 e. The number of Topliss-reactive ketones (excluding diaryl/α,β-unsaturated/α-hetero) is 1. The van der Waals surface area contributed by atoms with E-state index >= 15 is 0 Å². The topological polar surface area (TPSA) is 46.5 Å². The third-order valence-corrected chi connectivity index (χ3v) is 4.01. The van der Waals surface area contributed by atoms with Crippen molar-refractivity contribution in [1.82, 2.24) is 0 Å². The van der Waals surface area contributed by atoms with Crippen LogP contribution in [0.1, 0.15) is 15.2 Å². The van der Waals surface area contributed by atoms with Gasteiger partial charge >= 0.3 is 0 Å². The molecular weight excluding hydrogens is 316 g/mol. The van der Waals surface area contributed by atoms with Crippen LogP contribution in [0.5, 0.6) is 5.75 Å². The molecule has 0 saturated carbocycles. The Morgan fingerprint density at radius 1 is 1.28 bits per heavy atom. The summed E-state index contributed by atoms with van der Waals surface area (Å²) < 4.78 is 6.35. The predicted molar refractivity (Wildman–Crippen MR) is 74.2 cm³/mol. The Hall–Kier alpha value is -1.17. The number of hydrogen-bond acceptors (Lipinski definition) is 4. The van der Waals surface area contributed by atoms with Gasteiger partial charge in [0.1, 0.15) is 5.75 Å². The summed E-state index contributed by atoms with van der Waals surface area (Å²) in [5, 5.41) is 9.13. The highest BCUT2D eigenvalue weighted by atomic mass is 79.9. The Morgan fingerprint density at radius 2 is 2.06 bits per heavy atom. The van der Waals surface area contributed by atoms with Gasteiger partial charge in [-0.2, -0.15) is 0 Å². The van der Waals surface area contributed by atoms with E-state index < -0.39 is 0 Å². The molecule has 1 aromatic heterocycles. The molecule has 0 amide bonds. The van der Waals surface area contributed by atoms with Gasteiger partial charge in [-0.15, -0.1) is 11.3 Å². The summed E-state index contributed by atoms with van der Waals surface area (Å²) >= 11 is 4.69. The minimum atomic E-state index is -0.102. The van der Waals surface area contributed by atoms with Crippen LogP contribution in [0.2, 0.25) is 0 Å². The first-order valence-electron chi connectivity index (χ1n) is 5.31. The molecule has 1 aromatic carbocycles. The molecule has 0 atom stereocenters.